The number of hydrogen-bond acceptors (Lipinski definition) is 2. The predicted octanol–water partition coefficient (Wildman–Crippen LogP) is 3.51. The van der Waals surface area contributed by atoms with Gasteiger partial charge >= 0.3 is 6.18 Å². The topological polar surface area (TPSA) is 55.1 Å². The molecule has 0 aliphatic heterocycles. The molecular formula is C14H19ClF4N2O. The van der Waals surface area contributed by atoms with Crippen LogP contribution in [0.3, 0.4) is 0 Å². The molecular weight excluding hydrogens is 324 g/mol. The van der Waals surface area contributed by atoms with Gasteiger partial charge in [0.15, 0.2) is 0 Å². The molecule has 1 amide bonds. The van der Waals surface area contributed by atoms with E-state index in [4.69, 9.17) is 5.73 Å². The van der Waals surface area contributed by atoms with Crippen molar-refractivity contribution in [1.82, 2.24) is 5.32 Å². The van der Waals surface area contributed by atoms with E-state index < -0.39 is 34.6 Å². The van der Waals surface area contributed by atoms with Crippen LogP contribution in [0.2, 0.25) is 0 Å². The lowest BCUT2D eigenvalue weighted by Gasteiger charge is -2.26. The van der Waals surface area contributed by atoms with Crippen molar-refractivity contribution in [2.24, 2.45) is 5.73 Å². The minimum absolute atomic E-state index is 0. The molecule has 126 valence electrons. The number of nitrogens with one attached hydrogen (secondary N) is 1. The number of halogens is 5. The van der Waals surface area contributed by atoms with Gasteiger partial charge in [-0.25, -0.2) is 4.39 Å². The number of amides is 1. The predicted molar refractivity (Wildman–Crippen MR) is 78.5 cm³/mol. The summed E-state index contributed by atoms with van der Waals surface area (Å²) in [6, 6.07) is 1.73. The van der Waals surface area contributed by atoms with Crippen molar-refractivity contribution in [1.29, 1.82) is 0 Å². The van der Waals surface area contributed by atoms with Crippen LogP contribution in [0.4, 0.5) is 17.6 Å². The van der Waals surface area contributed by atoms with Crippen LogP contribution in [0, 0.1) is 5.82 Å². The van der Waals surface area contributed by atoms with Gasteiger partial charge in [0.05, 0.1) is 11.1 Å². The van der Waals surface area contributed by atoms with Gasteiger partial charge in [0.25, 0.3) is 5.91 Å². The minimum Gasteiger partial charge on any atom is -0.350 e. The van der Waals surface area contributed by atoms with E-state index in [0.717, 1.165) is 0 Å². The number of benzene rings is 1. The largest absolute Gasteiger partial charge is 0.416 e. The Morgan fingerprint density at radius 3 is 2.23 bits per heavy atom. The molecule has 8 heteroatoms. The molecule has 0 fully saturated rings. The Morgan fingerprint density at radius 2 is 1.77 bits per heavy atom. The monoisotopic (exact) mass is 342 g/mol. The molecule has 3 N–H and O–H groups in total. The molecule has 0 bridgehead atoms. The van der Waals surface area contributed by atoms with E-state index in [1.165, 1.54) is 0 Å². The Hall–Kier alpha value is -1.34. The summed E-state index contributed by atoms with van der Waals surface area (Å²) in [7, 11) is 0. The van der Waals surface area contributed by atoms with Crippen LogP contribution in [0.5, 0.6) is 0 Å². The van der Waals surface area contributed by atoms with Crippen LogP contribution < -0.4 is 11.1 Å². The minimum atomic E-state index is -4.63. The average Bonchev–Trinajstić information content (AvgIpc) is 2.43. The molecule has 0 aliphatic carbocycles. The van der Waals surface area contributed by atoms with Crippen LogP contribution in [0.25, 0.3) is 0 Å². The van der Waals surface area contributed by atoms with E-state index in [2.05, 4.69) is 5.32 Å². The van der Waals surface area contributed by atoms with E-state index in [1.807, 2.05) is 13.8 Å². The molecule has 0 aromatic heterocycles. The SMILES string of the molecule is CCC(N)(CC)CNC(=O)c1cc(C(F)(F)F)ccc1F.Cl. The summed E-state index contributed by atoms with van der Waals surface area (Å²) >= 11 is 0. The van der Waals surface area contributed by atoms with Crippen LogP contribution in [-0.2, 0) is 6.18 Å². The summed E-state index contributed by atoms with van der Waals surface area (Å²) in [4.78, 5) is 11.8. The van der Waals surface area contributed by atoms with E-state index in [0.29, 0.717) is 31.0 Å². The fraction of sp³-hybridized carbons (Fsp3) is 0.500. The van der Waals surface area contributed by atoms with Gasteiger partial charge in [-0.3, -0.25) is 4.79 Å². The molecule has 3 nitrogen and oxygen atoms in total. The molecule has 0 saturated heterocycles. The molecule has 0 unspecified atom stereocenters. The Morgan fingerprint density at radius 1 is 1.23 bits per heavy atom. The fourth-order valence-corrected chi connectivity index (χ4v) is 1.73. The third-order valence-corrected chi connectivity index (χ3v) is 3.55. The first-order chi connectivity index (χ1) is 9.63. The van der Waals surface area contributed by atoms with Crippen LogP contribution in [-0.4, -0.2) is 18.0 Å². The standard InChI is InChI=1S/C14H18F4N2O.ClH/c1-3-13(19,4-2)8-20-12(21)10-7-9(14(16,17)18)5-6-11(10)15;/h5-7H,3-4,8,19H2,1-2H3,(H,20,21);1H. The van der Waals surface area contributed by atoms with Gasteiger partial charge in [-0.1, -0.05) is 13.8 Å². The zero-order valence-electron chi connectivity index (χ0n) is 12.3. The van der Waals surface area contributed by atoms with Crippen molar-refractivity contribution in [2.45, 2.75) is 38.4 Å². The van der Waals surface area contributed by atoms with E-state index in [-0.39, 0.29) is 19.0 Å². The average molecular weight is 343 g/mol. The highest BCUT2D eigenvalue weighted by molar-refractivity contribution is 5.94. The zero-order valence-corrected chi connectivity index (χ0v) is 13.1. The maximum absolute atomic E-state index is 13.5. The fourth-order valence-electron chi connectivity index (χ4n) is 1.73. The second kappa shape index (κ2) is 7.78. The second-order valence-corrected chi connectivity index (χ2v) is 4.94. The van der Waals surface area contributed by atoms with Gasteiger partial charge in [0.1, 0.15) is 5.82 Å². The lowest BCUT2D eigenvalue weighted by atomic mass is 9.94. The number of carbonyl (C=O) groups excluding carboxylic acids is 1. The van der Waals surface area contributed by atoms with Gasteiger partial charge in [-0.2, -0.15) is 13.2 Å². The quantitative estimate of drug-likeness (QED) is 0.804. The number of rotatable bonds is 5. The lowest BCUT2D eigenvalue weighted by molar-refractivity contribution is -0.137. The van der Waals surface area contributed by atoms with Gasteiger partial charge < -0.3 is 11.1 Å². The molecule has 1 rings (SSSR count). The van der Waals surface area contributed by atoms with Crippen LogP contribution >= 0.6 is 12.4 Å². The van der Waals surface area contributed by atoms with Crippen molar-refractivity contribution in [2.75, 3.05) is 6.54 Å². The summed E-state index contributed by atoms with van der Waals surface area (Å²) in [5, 5.41) is 2.39. The summed E-state index contributed by atoms with van der Waals surface area (Å²) in [6.45, 7) is 3.73. The van der Waals surface area contributed by atoms with Gasteiger partial charge in [0.2, 0.25) is 0 Å². The maximum Gasteiger partial charge on any atom is 0.416 e. The number of alkyl halides is 3. The smallest absolute Gasteiger partial charge is 0.350 e. The Labute approximate surface area is 132 Å². The van der Waals surface area contributed by atoms with Gasteiger partial charge in [-0.15, -0.1) is 12.4 Å². The zero-order chi connectivity index (χ0) is 16.3. The molecule has 1 aromatic rings. The summed E-state index contributed by atoms with van der Waals surface area (Å²) in [6.07, 6.45) is -3.48. The van der Waals surface area contributed by atoms with Crippen molar-refractivity contribution in [3.8, 4) is 0 Å². The Bertz CT molecular complexity index is 516. The second-order valence-electron chi connectivity index (χ2n) is 4.94. The highest BCUT2D eigenvalue weighted by atomic mass is 35.5. The van der Waals surface area contributed by atoms with E-state index >= 15 is 0 Å². The molecule has 0 saturated carbocycles. The van der Waals surface area contributed by atoms with E-state index in [9.17, 15) is 22.4 Å². The van der Waals surface area contributed by atoms with Crippen molar-refractivity contribution < 1.29 is 22.4 Å². The van der Waals surface area contributed by atoms with Gasteiger partial charge in [0, 0.05) is 12.1 Å². The first kappa shape index (κ1) is 20.7. The highest BCUT2D eigenvalue weighted by Crippen LogP contribution is 2.30. The molecule has 0 aliphatic rings. The summed E-state index contributed by atoms with van der Waals surface area (Å²) in [5.41, 5.74) is 3.60. The molecule has 0 heterocycles. The molecule has 0 spiro atoms. The summed E-state index contributed by atoms with van der Waals surface area (Å²) in [5.74, 6) is -1.91. The third-order valence-electron chi connectivity index (χ3n) is 3.55. The molecule has 22 heavy (non-hydrogen) atoms. The van der Waals surface area contributed by atoms with Crippen molar-refractivity contribution in [3.63, 3.8) is 0 Å². The summed E-state index contributed by atoms with van der Waals surface area (Å²) < 4.78 is 51.3. The Balaban J connectivity index is 0.00000441. The van der Waals surface area contributed by atoms with Crippen LogP contribution in [0.1, 0.15) is 42.6 Å². The molecule has 0 atom stereocenters. The molecule has 1 aromatic carbocycles. The van der Waals surface area contributed by atoms with Crippen molar-refractivity contribution >= 4 is 18.3 Å². The third kappa shape index (κ3) is 5.14. The van der Waals surface area contributed by atoms with Gasteiger partial charge in [-0.05, 0) is 31.0 Å². The first-order valence-corrected chi connectivity index (χ1v) is 6.57. The molecule has 0 radical (unpaired) electrons. The highest BCUT2D eigenvalue weighted by Gasteiger charge is 2.32. The first-order valence-electron chi connectivity index (χ1n) is 6.57. The lowest BCUT2D eigenvalue weighted by Crippen LogP contribution is -2.49. The number of nitrogens with two attached hydrogens (primary N) is 1. The van der Waals surface area contributed by atoms with E-state index in [1.54, 1.807) is 0 Å². The maximum atomic E-state index is 13.5. The number of carbonyl (C=O) groups is 1. The van der Waals surface area contributed by atoms with Crippen molar-refractivity contribution in [3.05, 3.63) is 35.1 Å². The number of hydrogen-bond donors (Lipinski definition) is 2. The Kier molecular flexibility index (Phi) is 7.31. The normalized spacial score (nSPS) is 11.8. The van der Waals surface area contributed by atoms with Crippen LogP contribution in [0.15, 0.2) is 18.2 Å².